The van der Waals surface area contributed by atoms with Crippen LogP contribution in [0.1, 0.15) is 9.60 Å². The second kappa shape index (κ2) is 5.87. The molecule has 0 spiro atoms. The molecule has 2 aliphatic heterocycles. The number of hydrogen-bond acceptors (Lipinski definition) is 4. The molecule has 1 fully saturated rings. The van der Waals surface area contributed by atoms with Crippen LogP contribution in [0.5, 0.6) is 0 Å². The van der Waals surface area contributed by atoms with Gasteiger partial charge in [0.2, 0.25) is 0 Å². The molecule has 23 heavy (non-hydrogen) atoms. The van der Waals surface area contributed by atoms with E-state index in [2.05, 4.69) is 15.2 Å². The van der Waals surface area contributed by atoms with Crippen LogP contribution in [0, 0.1) is 0 Å². The standard InChI is InChI=1S/C18H19ClN4/c1-22-8-10-23(11-9-22)18-14-4-2-3-5-15(14)20-16-7-6-13(19)12-17(16)21-18/h2-7,12,21H,8-11H2,1H3/i2D,3D,4D,5D,6D,7D,12D. The van der Waals surface area contributed by atoms with Gasteiger partial charge in [-0.05, 0) is 37.3 Å². The fraction of sp³-hybridized carbons (Fsp3) is 0.278. The van der Waals surface area contributed by atoms with Crippen LogP contribution >= 0.6 is 11.6 Å². The molecule has 2 aromatic rings. The maximum absolute atomic E-state index is 8.49. The van der Waals surface area contributed by atoms with Crippen LogP contribution in [0.2, 0.25) is 5.02 Å². The topological polar surface area (TPSA) is 30.9 Å². The van der Waals surface area contributed by atoms with Crippen molar-refractivity contribution in [2.45, 2.75) is 0 Å². The highest BCUT2D eigenvalue weighted by Gasteiger charge is 2.19. The maximum Gasteiger partial charge on any atom is 0.116 e. The minimum absolute atomic E-state index is 0.0178. The molecule has 0 atom stereocenters. The van der Waals surface area contributed by atoms with Gasteiger partial charge in [0.05, 0.1) is 26.3 Å². The largest absolute Gasteiger partial charge is 0.355 e. The Bertz CT molecular complexity index is 1190. The lowest BCUT2D eigenvalue weighted by Gasteiger charge is -2.35. The van der Waals surface area contributed by atoms with Crippen LogP contribution in [-0.4, -0.2) is 43.0 Å². The number of anilines is 1. The third-order valence-electron chi connectivity index (χ3n) is 3.95. The number of fused-ring (bicyclic) bond motifs is 2. The average molecular weight is 334 g/mol. The van der Waals surface area contributed by atoms with Gasteiger partial charge in [0.15, 0.2) is 0 Å². The molecule has 0 aliphatic carbocycles. The second-order valence-corrected chi connectivity index (χ2v) is 5.89. The number of hydrogen-bond donors (Lipinski definition) is 1. The first kappa shape index (κ1) is 8.71. The summed E-state index contributed by atoms with van der Waals surface area (Å²) in [5.74, 6) is 0.397. The summed E-state index contributed by atoms with van der Waals surface area (Å²) in [7, 11) is 2.00. The first-order chi connectivity index (χ1) is 14.1. The van der Waals surface area contributed by atoms with Crippen LogP contribution in [0.3, 0.4) is 0 Å². The minimum atomic E-state index is -0.429. The van der Waals surface area contributed by atoms with Gasteiger partial charge >= 0.3 is 0 Å². The fourth-order valence-corrected chi connectivity index (χ4v) is 2.81. The minimum Gasteiger partial charge on any atom is -0.355 e. The first-order valence-electron chi connectivity index (χ1n) is 10.8. The summed E-state index contributed by atoms with van der Waals surface area (Å²) in [5, 5.41) is 3.07. The third-order valence-corrected chi connectivity index (χ3v) is 4.14. The van der Waals surface area contributed by atoms with E-state index in [1.54, 1.807) is 0 Å². The first-order valence-corrected chi connectivity index (χ1v) is 7.70. The number of piperazine rings is 1. The van der Waals surface area contributed by atoms with Crippen LogP contribution in [-0.2, 0) is 0 Å². The van der Waals surface area contributed by atoms with E-state index in [1.807, 2.05) is 11.9 Å². The zero-order chi connectivity index (χ0) is 21.9. The summed E-state index contributed by atoms with van der Waals surface area (Å²) in [6.07, 6.45) is 0. The Hall–Kier alpha value is -2.04. The zero-order valence-electron chi connectivity index (χ0n) is 19.5. The van der Waals surface area contributed by atoms with E-state index in [4.69, 9.17) is 21.2 Å². The lowest BCUT2D eigenvalue weighted by molar-refractivity contribution is 0.206. The summed E-state index contributed by atoms with van der Waals surface area (Å²) in [6, 6.07) is -2.26. The predicted molar refractivity (Wildman–Crippen MR) is 94.4 cm³/mol. The summed E-state index contributed by atoms with van der Waals surface area (Å²) in [6.45, 7) is 2.70. The van der Waals surface area contributed by atoms with Crippen molar-refractivity contribution < 1.29 is 9.60 Å². The van der Waals surface area contributed by atoms with Crippen LogP contribution in [0.15, 0.2) is 47.3 Å². The molecule has 2 heterocycles. The van der Waals surface area contributed by atoms with Gasteiger partial charge in [0.1, 0.15) is 5.82 Å². The summed E-state index contributed by atoms with van der Waals surface area (Å²) in [4.78, 5) is 8.47. The van der Waals surface area contributed by atoms with E-state index in [0.29, 0.717) is 18.9 Å². The molecule has 1 saturated heterocycles. The Morgan fingerprint density at radius 1 is 1.13 bits per heavy atom. The lowest BCUT2D eigenvalue weighted by Crippen LogP contribution is -2.47. The highest BCUT2D eigenvalue weighted by atomic mass is 35.5. The number of benzene rings is 2. The molecule has 0 bridgehead atoms. The third kappa shape index (κ3) is 2.80. The van der Waals surface area contributed by atoms with Crippen LogP contribution < -0.4 is 15.9 Å². The molecule has 2 aliphatic rings. The molecule has 0 saturated carbocycles. The van der Waals surface area contributed by atoms with Gasteiger partial charge in [0.25, 0.3) is 0 Å². The van der Waals surface area contributed by atoms with Gasteiger partial charge in [-0.1, -0.05) is 23.7 Å². The van der Waals surface area contributed by atoms with Crippen molar-refractivity contribution in [3.05, 3.63) is 57.9 Å². The quantitative estimate of drug-likeness (QED) is 0.866. The molecule has 4 nitrogen and oxygen atoms in total. The number of rotatable bonds is 1. The molecule has 1 N–H and O–H groups in total. The van der Waals surface area contributed by atoms with Crippen molar-refractivity contribution in [1.29, 1.82) is 0 Å². The van der Waals surface area contributed by atoms with Gasteiger partial charge < -0.3 is 15.1 Å². The van der Waals surface area contributed by atoms with Crippen LogP contribution in [0.25, 0.3) is 5.82 Å². The maximum atomic E-state index is 8.49. The SMILES string of the molecule is [2H]c1c([2H])c2c(c([2H])c1Cl)NC(N1CCN(C)CC1)=c1c([2H])c([2H])c([2H])c([2H])c1=N2. The average Bonchev–Trinajstić information content (AvgIpc) is 2.92. The fourth-order valence-electron chi connectivity index (χ4n) is 2.67. The summed E-state index contributed by atoms with van der Waals surface area (Å²) >= 11 is 6.11. The molecule has 5 heteroatoms. The van der Waals surface area contributed by atoms with Gasteiger partial charge in [-0.3, -0.25) is 0 Å². The van der Waals surface area contributed by atoms with E-state index in [0.717, 1.165) is 13.1 Å². The van der Waals surface area contributed by atoms with Gasteiger partial charge in [0, 0.05) is 36.4 Å². The molecule has 0 aromatic heterocycles. The van der Waals surface area contributed by atoms with E-state index >= 15 is 0 Å². The highest BCUT2D eigenvalue weighted by molar-refractivity contribution is 6.31. The molecule has 0 amide bonds. The highest BCUT2D eigenvalue weighted by Crippen LogP contribution is 2.30. The number of likely N-dealkylation sites (N-methyl/N-ethyl adjacent to an activating group) is 1. The van der Waals surface area contributed by atoms with Crippen LogP contribution in [0.4, 0.5) is 11.4 Å². The Labute approximate surface area is 150 Å². The normalized spacial score (nSPS) is 21.9. The zero-order valence-corrected chi connectivity index (χ0v) is 13.3. The number of nitrogens with one attached hydrogen (secondary N) is 1. The van der Waals surface area contributed by atoms with Crippen molar-refractivity contribution >= 4 is 28.8 Å². The number of nitrogens with zero attached hydrogens (tertiary/aromatic N) is 3. The van der Waals surface area contributed by atoms with E-state index < -0.39 is 6.04 Å². The second-order valence-electron chi connectivity index (χ2n) is 5.51. The molecule has 4 rings (SSSR count). The lowest BCUT2D eigenvalue weighted by atomic mass is 10.2. The van der Waals surface area contributed by atoms with Crippen molar-refractivity contribution in [2.24, 2.45) is 4.99 Å². The molecule has 118 valence electrons. The molecular formula is C18H19ClN4. The van der Waals surface area contributed by atoms with Crippen molar-refractivity contribution in [3.8, 4) is 0 Å². The van der Waals surface area contributed by atoms with Gasteiger partial charge in [-0.25, -0.2) is 4.99 Å². The monoisotopic (exact) mass is 333 g/mol. The van der Waals surface area contributed by atoms with Crippen molar-refractivity contribution in [1.82, 2.24) is 9.80 Å². The smallest absolute Gasteiger partial charge is 0.116 e. The molecular weight excluding hydrogens is 308 g/mol. The van der Waals surface area contributed by atoms with Crippen molar-refractivity contribution in [3.63, 3.8) is 0 Å². The van der Waals surface area contributed by atoms with Crippen molar-refractivity contribution in [2.75, 3.05) is 38.5 Å². The predicted octanol–water partition coefficient (Wildman–Crippen LogP) is 2.03. The van der Waals surface area contributed by atoms with E-state index in [-0.39, 0.29) is 63.2 Å². The number of halogens is 1. The van der Waals surface area contributed by atoms with Gasteiger partial charge in [-0.15, -0.1) is 0 Å². The van der Waals surface area contributed by atoms with Gasteiger partial charge in [-0.2, -0.15) is 0 Å². The Kier molecular flexibility index (Phi) is 2.22. The molecule has 0 unspecified atom stereocenters. The summed E-state index contributed by atoms with van der Waals surface area (Å²) < 4.78 is 57.7. The number of para-hydroxylation sites is 1. The molecule has 0 radical (unpaired) electrons. The molecule has 2 aromatic carbocycles. The van der Waals surface area contributed by atoms with E-state index in [9.17, 15) is 0 Å². The summed E-state index contributed by atoms with van der Waals surface area (Å²) in [5.41, 5.74) is 0.0767. The Morgan fingerprint density at radius 3 is 2.74 bits per heavy atom. The Balaban J connectivity index is 2.14. The Morgan fingerprint density at radius 2 is 1.91 bits per heavy atom. The van der Waals surface area contributed by atoms with E-state index in [1.165, 1.54) is 0 Å².